The number of carbonyl (C=O) groups is 1. The number of anilines is 1. The summed E-state index contributed by atoms with van der Waals surface area (Å²) >= 11 is 3.29. The molecule has 0 aliphatic carbocycles. The summed E-state index contributed by atoms with van der Waals surface area (Å²) in [5.74, 6) is -0.551. The van der Waals surface area contributed by atoms with Gasteiger partial charge in [0.25, 0.3) is 10.0 Å². The maximum Gasteiger partial charge on any atom is 0.363 e. The van der Waals surface area contributed by atoms with E-state index in [1.165, 1.54) is 12.1 Å². The fourth-order valence-corrected chi connectivity index (χ4v) is 3.46. The number of benzene rings is 3. The van der Waals surface area contributed by atoms with Crippen LogP contribution in [0.1, 0.15) is 15.9 Å². The van der Waals surface area contributed by atoms with E-state index in [0.717, 1.165) is 5.56 Å². The van der Waals surface area contributed by atoms with E-state index in [1.807, 2.05) is 6.92 Å². The highest BCUT2D eigenvalue weighted by Crippen LogP contribution is 2.21. The van der Waals surface area contributed by atoms with Crippen LogP contribution in [-0.2, 0) is 14.9 Å². The number of nitrogens with zero attached hydrogens (tertiary/aromatic N) is 2. The number of hydrogen-bond donors (Lipinski definition) is 1. The standard InChI is InChI=1S/C20H16BrN3O4S/c1-14-6-12-17(13-7-14)29(26,27)24-22-15-8-10-16(11-9-15)23-28-20(25)18-4-2-3-5-19(18)21/h2-13,23H,1H3. The molecule has 7 nitrogen and oxygen atoms in total. The van der Waals surface area contributed by atoms with Crippen LogP contribution in [0.5, 0.6) is 0 Å². The monoisotopic (exact) mass is 473 g/mol. The Morgan fingerprint density at radius 1 is 0.966 bits per heavy atom. The van der Waals surface area contributed by atoms with Crippen LogP contribution in [0, 0.1) is 6.92 Å². The van der Waals surface area contributed by atoms with Gasteiger partial charge in [0.2, 0.25) is 0 Å². The minimum absolute atomic E-state index is 0.0733. The molecule has 29 heavy (non-hydrogen) atoms. The van der Waals surface area contributed by atoms with E-state index in [9.17, 15) is 13.2 Å². The smallest absolute Gasteiger partial charge is 0.338 e. The molecule has 3 aromatic rings. The van der Waals surface area contributed by atoms with Crippen molar-refractivity contribution in [1.29, 1.82) is 0 Å². The Labute approximate surface area is 176 Å². The molecule has 0 radical (unpaired) electrons. The molecule has 0 saturated heterocycles. The largest absolute Gasteiger partial charge is 0.363 e. The molecule has 0 saturated carbocycles. The quantitative estimate of drug-likeness (QED) is 0.381. The lowest BCUT2D eigenvalue weighted by Crippen LogP contribution is -2.11. The molecule has 0 bridgehead atoms. The Balaban J connectivity index is 1.63. The first kappa shape index (κ1) is 20.7. The second kappa shape index (κ2) is 8.97. The van der Waals surface area contributed by atoms with Crippen molar-refractivity contribution < 1.29 is 18.0 Å². The van der Waals surface area contributed by atoms with E-state index in [4.69, 9.17) is 4.84 Å². The van der Waals surface area contributed by atoms with Gasteiger partial charge in [0.05, 0.1) is 21.8 Å². The summed E-state index contributed by atoms with van der Waals surface area (Å²) in [6, 6.07) is 19.5. The van der Waals surface area contributed by atoms with E-state index in [2.05, 4.69) is 31.0 Å². The molecule has 0 aliphatic rings. The van der Waals surface area contributed by atoms with Gasteiger partial charge in [-0.25, -0.2) is 10.3 Å². The molecule has 148 valence electrons. The number of aryl methyl sites for hydroxylation is 1. The average Bonchev–Trinajstić information content (AvgIpc) is 2.72. The maximum atomic E-state index is 12.2. The Morgan fingerprint density at radius 3 is 2.28 bits per heavy atom. The second-order valence-electron chi connectivity index (χ2n) is 5.99. The number of sulfonamides is 1. The number of hydrogen-bond acceptors (Lipinski definition) is 6. The third-order valence-electron chi connectivity index (χ3n) is 3.81. The zero-order chi connectivity index (χ0) is 20.9. The third kappa shape index (κ3) is 5.49. The molecular weight excluding hydrogens is 458 g/mol. The molecule has 0 aromatic heterocycles. The molecule has 1 N–H and O–H groups in total. The minimum Gasteiger partial charge on any atom is -0.338 e. The second-order valence-corrected chi connectivity index (χ2v) is 8.43. The average molecular weight is 474 g/mol. The number of halogens is 1. The van der Waals surface area contributed by atoms with E-state index >= 15 is 0 Å². The molecule has 3 rings (SSSR count). The summed E-state index contributed by atoms with van der Waals surface area (Å²) < 4.78 is 28.5. The molecule has 0 amide bonds. The van der Waals surface area contributed by atoms with E-state index in [-0.39, 0.29) is 4.90 Å². The van der Waals surface area contributed by atoms with Crippen molar-refractivity contribution in [3.63, 3.8) is 0 Å². The predicted octanol–water partition coefficient (Wildman–Crippen LogP) is 5.41. The van der Waals surface area contributed by atoms with Crippen molar-refractivity contribution in [1.82, 2.24) is 0 Å². The lowest BCUT2D eigenvalue weighted by molar-refractivity contribution is 0.0595. The van der Waals surface area contributed by atoms with Crippen molar-refractivity contribution in [3.8, 4) is 0 Å². The van der Waals surface area contributed by atoms with Crippen LogP contribution in [0.15, 0.2) is 91.8 Å². The summed E-state index contributed by atoms with van der Waals surface area (Å²) in [4.78, 5) is 17.2. The van der Waals surface area contributed by atoms with E-state index in [1.54, 1.807) is 60.7 Å². The summed E-state index contributed by atoms with van der Waals surface area (Å²) in [5.41, 5.74) is 4.70. The molecule has 0 unspecified atom stereocenters. The van der Waals surface area contributed by atoms with Crippen LogP contribution >= 0.6 is 15.9 Å². The molecule has 0 fully saturated rings. The van der Waals surface area contributed by atoms with Gasteiger partial charge in [-0.2, -0.15) is 8.42 Å². The Hall–Kier alpha value is -3.04. The van der Waals surface area contributed by atoms with Crippen molar-refractivity contribution in [3.05, 3.63) is 88.4 Å². The van der Waals surface area contributed by atoms with Gasteiger partial charge in [-0.15, -0.1) is 5.11 Å². The summed E-state index contributed by atoms with van der Waals surface area (Å²) in [6.07, 6.45) is 0. The maximum absolute atomic E-state index is 12.2. The normalized spacial score (nSPS) is 11.4. The zero-order valence-corrected chi connectivity index (χ0v) is 17.6. The lowest BCUT2D eigenvalue weighted by atomic mass is 10.2. The summed E-state index contributed by atoms with van der Waals surface area (Å²) in [5, 5.41) is 3.77. The minimum atomic E-state index is -3.87. The van der Waals surface area contributed by atoms with Crippen LogP contribution in [0.4, 0.5) is 11.4 Å². The van der Waals surface area contributed by atoms with Gasteiger partial charge < -0.3 is 4.84 Å². The zero-order valence-electron chi connectivity index (χ0n) is 15.2. The first-order valence-electron chi connectivity index (χ1n) is 8.42. The van der Waals surface area contributed by atoms with Crippen molar-refractivity contribution in [2.75, 3.05) is 5.48 Å². The van der Waals surface area contributed by atoms with Gasteiger partial charge in [0.15, 0.2) is 0 Å². The molecule has 0 aliphatic heterocycles. The van der Waals surface area contributed by atoms with Gasteiger partial charge in [-0.3, -0.25) is 0 Å². The summed E-state index contributed by atoms with van der Waals surface area (Å²) in [7, 11) is -3.87. The highest BCUT2D eigenvalue weighted by atomic mass is 79.9. The van der Waals surface area contributed by atoms with Gasteiger partial charge in [-0.05, 0) is 71.4 Å². The Bertz CT molecular complexity index is 1150. The third-order valence-corrected chi connectivity index (χ3v) is 5.66. The molecule has 0 atom stereocenters. The van der Waals surface area contributed by atoms with Crippen LogP contribution < -0.4 is 5.48 Å². The Kier molecular flexibility index (Phi) is 6.40. The van der Waals surface area contributed by atoms with Crippen LogP contribution in [0.2, 0.25) is 0 Å². The van der Waals surface area contributed by atoms with E-state index in [0.29, 0.717) is 21.4 Å². The number of rotatable bonds is 6. The van der Waals surface area contributed by atoms with Gasteiger partial charge >= 0.3 is 5.97 Å². The summed E-state index contributed by atoms with van der Waals surface area (Å²) in [6.45, 7) is 1.86. The van der Waals surface area contributed by atoms with Gasteiger partial charge in [0.1, 0.15) is 0 Å². The Morgan fingerprint density at radius 2 is 1.62 bits per heavy atom. The first-order valence-corrected chi connectivity index (χ1v) is 10.6. The van der Waals surface area contributed by atoms with Crippen LogP contribution in [-0.4, -0.2) is 14.4 Å². The van der Waals surface area contributed by atoms with Gasteiger partial charge in [0, 0.05) is 4.47 Å². The van der Waals surface area contributed by atoms with Crippen molar-refractivity contribution in [2.45, 2.75) is 11.8 Å². The lowest BCUT2D eigenvalue weighted by Gasteiger charge is -2.07. The van der Waals surface area contributed by atoms with Crippen molar-refractivity contribution >= 4 is 43.3 Å². The van der Waals surface area contributed by atoms with E-state index < -0.39 is 16.0 Å². The molecule has 9 heteroatoms. The SMILES string of the molecule is Cc1ccc(S(=O)(=O)N=Nc2ccc(NOC(=O)c3ccccc3Br)cc2)cc1. The highest BCUT2D eigenvalue weighted by molar-refractivity contribution is 9.10. The van der Waals surface area contributed by atoms with Gasteiger partial charge in [-0.1, -0.05) is 34.3 Å². The number of nitrogens with one attached hydrogen (secondary N) is 1. The molecule has 0 spiro atoms. The highest BCUT2D eigenvalue weighted by Gasteiger charge is 2.13. The predicted molar refractivity (Wildman–Crippen MR) is 113 cm³/mol. The molecule has 0 heterocycles. The fourth-order valence-electron chi connectivity index (χ4n) is 2.24. The van der Waals surface area contributed by atoms with Crippen LogP contribution in [0.3, 0.4) is 0 Å². The molecular formula is C20H16BrN3O4S. The molecule has 3 aromatic carbocycles. The first-order chi connectivity index (χ1) is 13.8. The van der Waals surface area contributed by atoms with Crippen molar-refractivity contribution in [2.24, 2.45) is 9.63 Å². The number of carbonyl (C=O) groups excluding carboxylic acids is 1. The topological polar surface area (TPSA) is 97.2 Å². The van der Waals surface area contributed by atoms with Crippen LogP contribution in [0.25, 0.3) is 0 Å². The fraction of sp³-hybridized carbons (Fsp3) is 0.0500.